The number of rotatable bonds is 3. The first-order valence-corrected chi connectivity index (χ1v) is 8.36. The first kappa shape index (κ1) is 17.8. The third kappa shape index (κ3) is 4.06. The van der Waals surface area contributed by atoms with Crippen molar-refractivity contribution in [3.05, 3.63) is 58.1 Å². The van der Waals surface area contributed by atoms with E-state index in [1.54, 1.807) is 0 Å². The minimum absolute atomic E-state index is 0. The average Bonchev–Trinajstić information content (AvgIpc) is 2.53. The molecule has 0 atom stereocenters. The molecule has 2 N–H and O–H groups in total. The Morgan fingerprint density at radius 3 is 2.78 bits per heavy atom. The molecule has 122 valence electrons. The van der Waals surface area contributed by atoms with Gasteiger partial charge in [0.15, 0.2) is 0 Å². The number of nitrogens with zero attached hydrogens (tertiary/aromatic N) is 1. The van der Waals surface area contributed by atoms with Crippen LogP contribution in [0.4, 0.5) is 11.4 Å². The maximum atomic E-state index is 12.6. The Morgan fingerprint density at radius 1 is 1.22 bits per heavy atom. The third-order valence-electron chi connectivity index (χ3n) is 4.10. The predicted octanol–water partition coefficient (Wildman–Crippen LogP) is 4.37. The Hall–Kier alpha value is -1.52. The second-order valence-corrected chi connectivity index (χ2v) is 6.54. The molecule has 23 heavy (non-hydrogen) atoms. The SMILES string of the molecule is Cl.Nc1cccc2c1CCCN2C(=O)CCc1cccc(Br)c1. The topological polar surface area (TPSA) is 46.3 Å². The summed E-state index contributed by atoms with van der Waals surface area (Å²) in [5.41, 5.74) is 10.1. The summed E-state index contributed by atoms with van der Waals surface area (Å²) in [6, 6.07) is 14.0. The Kier molecular flexibility index (Phi) is 6.08. The molecule has 1 aliphatic heterocycles. The van der Waals surface area contributed by atoms with Crippen LogP contribution >= 0.6 is 28.3 Å². The van der Waals surface area contributed by atoms with Crippen molar-refractivity contribution < 1.29 is 4.79 Å². The van der Waals surface area contributed by atoms with E-state index in [1.165, 1.54) is 5.56 Å². The van der Waals surface area contributed by atoms with Crippen molar-refractivity contribution in [1.82, 2.24) is 0 Å². The van der Waals surface area contributed by atoms with Crippen molar-refractivity contribution in [2.45, 2.75) is 25.7 Å². The van der Waals surface area contributed by atoms with Crippen LogP contribution in [0.2, 0.25) is 0 Å². The summed E-state index contributed by atoms with van der Waals surface area (Å²) in [5.74, 6) is 0.173. The Balaban J connectivity index is 0.00000192. The lowest BCUT2D eigenvalue weighted by Gasteiger charge is -2.30. The van der Waals surface area contributed by atoms with Crippen LogP contribution in [0.3, 0.4) is 0 Å². The van der Waals surface area contributed by atoms with E-state index in [9.17, 15) is 4.79 Å². The zero-order valence-electron chi connectivity index (χ0n) is 12.8. The minimum Gasteiger partial charge on any atom is -0.398 e. The molecule has 1 heterocycles. The van der Waals surface area contributed by atoms with Crippen LogP contribution in [0.5, 0.6) is 0 Å². The van der Waals surface area contributed by atoms with Gasteiger partial charge in [-0.1, -0.05) is 34.1 Å². The molecule has 0 saturated heterocycles. The molecule has 1 amide bonds. The quantitative estimate of drug-likeness (QED) is 0.785. The molecule has 0 unspecified atom stereocenters. The highest BCUT2D eigenvalue weighted by Crippen LogP contribution is 2.31. The summed E-state index contributed by atoms with van der Waals surface area (Å²) in [5, 5.41) is 0. The fourth-order valence-electron chi connectivity index (χ4n) is 2.99. The van der Waals surface area contributed by atoms with Crippen LogP contribution in [0.15, 0.2) is 46.9 Å². The molecule has 0 aliphatic carbocycles. The number of benzene rings is 2. The Morgan fingerprint density at radius 2 is 2.00 bits per heavy atom. The van der Waals surface area contributed by atoms with Gasteiger partial charge in [-0.05, 0) is 54.7 Å². The maximum absolute atomic E-state index is 12.6. The molecule has 0 bridgehead atoms. The van der Waals surface area contributed by atoms with E-state index in [2.05, 4.69) is 28.1 Å². The number of nitrogens with two attached hydrogens (primary N) is 1. The number of hydrogen-bond donors (Lipinski definition) is 1. The summed E-state index contributed by atoms with van der Waals surface area (Å²) < 4.78 is 1.05. The summed E-state index contributed by atoms with van der Waals surface area (Å²) >= 11 is 3.47. The number of aryl methyl sites for hydroxylation is 1. The van der Waals surface area contributed by atoms with Gasteiger partial charge in [0.2, 0.25) is 5.91 Å². The van der Waals surface area contributed by atoms with E-state index in [0.29, 0.717) is 6.42 Å². The second kappa shape index (κ2) is 7.84. The van der Waals surface area contributed by atoms with Crippen molar-refractivity contribution >= 4 is 45.6 Å². The lowest BCUT2D eigenvalue weighted by molar-refractivity contribution is -0.118. The largest absolute Gasteiger partial charge is 0.398 e. The number of anilines is 2. The van der Waals surface area contributed by atoms with Gasteiger partial charge in [-0.25, -0.2) is 0 Å². The van der Waals surface area contributed by atoms with Crippen LogP contribution in [-0.4, -0.2) is 12.5 Å². The fourth-order valence-corrected chi connectivity index (χ4v) is 3.44. The fraction of sp³-hybridized carbons (Fsp3) is 0.278. The molecular formula is C18H20BrClN2O. The van der Waals surface area contributed by atoms with Crippen LogP contribution in [0.25, 0.3) is 0 Å². The van der Waals surface area contributed by atoms with Crippen molar-refractivity contribution in [1.29, 1.82) is 0 Å². The van der Waals surface area contributed by atoms with E-state index >= 15 is 0 Å². The molecule has 0 radical (unpaired) electrons. The summed E-state index contributed by atoms with van der Waals surface area (Å²) in [6.45, 7) is 0.785. The van der Waals surface area contributed by atoms with Gasteiger partial charge < -0.3 is 10.6 Å². The van der Waals surface area contributed by atoms with Crippen molar-refractivity contribution in [2.75, 3.05) is 17.2 Å². The van der Waals surface area contributed by atoms with Crippen molar-refractivity contribution in [2.24, 2.45) is 0 Å². The minimum atomic E-state index is 0. The number of carbonyl (C=O) groups excluding carboxylic acids is 1. The molecular weight excluding hydrogens is 376 g/mol. The van der Waals surface area contributed by atoms with Crippen LogP contribution < -0.4 is 10.6 Å². The van der Waals surface area contributed by atoms with Gasteiger partial charge in [0, 0.05) is 28.8 Å². The van der Waals surface area contributed by atoms with Gasteiger partial charge in [-0.15, -0.1) is 12.4 Å². The van der Waals surface area contributed by atoms with Gasteiger partial charge in [-0.2, -0.15) is 0 Å². The van der Waals surface area contributed by atoms with Crippen molar-refractivity contribution in [3.8, 4) is 0 Å². The Bertz CT molecular complexity index is 705. The molecule has 2 aromatic rings. The molecule has 0 spiro atoms. The van der Waals surface area contributed by atoms with Gasteiger partial charge in [0.05, 0.1) is 0 Å². The molecule has 5 heteroatoms. The molecule has 0 aromatic heterocycles. The number of carbonyl (C=O) groups is 1. The maximum Gasteiger partial charge on any atom is 0.227 e. The van der Waals surface area contributed by atoms with Gasteiger partial charge in [0.1, 0.15) is 0 Å². The second-order valence-electron chi connectivity index (χ2n) is 5.62. The van der Waals surface area contributed by atoms with Gasteiger partial charge >= 0.3 is 0 Å². The van der Waals surface area contributed by atoms with E-state index < -0.39 is 0 Å². The van der Waals surface area contributed by atoms with Gasteiger partial charge in [0.25, 0.3) is 0 Å². The number of nitrogen functional groups attached to an aromatic ring is 1. The van der Waals surface area contributed by atoms with Crippen LogP contribution in [0, 0.1) is 0 Å². The summed E-state index contributed by atoms with van der Waals surface area (Å²) in [4.78, 5) is 14.5. The van der Waals surface area contributed by atoms with Crippen LogP contribution in [0.1, 0.15) is 24.0 Å². The van der Waals surface area contributed by atoms with E-state index in [1.807, 2.05) is 35.2 Å². The number of hydrogen-bond acceptors (Lipinski definition) is 2. The average molecular weight is 396 g/mol. The third-order valence-corrected chi connectivity index (χ3v) is 4.60. The number of fused-ring (bicyclic) bond motifs is 1. The Labute approximate surface area is 151 Å². The number of halogens is 2. The zero-order valence-corrected chi connectivity index (χ0v) is 15.2. The normalized spacial score (nSPS) is 13.2. The molecule has 3 nitrogen and oxygen atoms in total. The molecule has 1 aliphatic rings. The molecule has 2 aromatic carbocycles. The lowest BCUT2D eigenvalue weighted by atomic mass is 9.99. The van der Waals surface area contributed by atoms with E-state index in [-0.39, 0.29) is 18.3 Å². The smallest absolute Gasteiger partial charge is 0.227 e. The first-order valence-electron chi connectivity index (χ1n) is 7.57. The lowest BCUT2D eigenvalue weighted by Crippen LogP contribution is -2.35. The standard InChI is InChI=1S/C18H19BrN2O.ClH/c19-14-5-1-4-13(12-14)9-10-18(22)21-11-3-6-15-16(20)7-2-8-17(15)21;/h1-2,4-5,7-8,12H,3,6,9-11,20H2;1H. The molecule has 0 saturated carbocycles. The van der Waals surface area contributed by atoms with E-state index in [0.717, 1.165) is 47.2 Å². The monoisotopic (exact) mass is 394 g/mol. The summed E-state index contributed by atoms with van der Waals surface area (Å²) in [6.07, 6.45) is 3.21. The highest BCUT2D eigenvalue weighted by atomic mass is 79.9. The van der Waals surface area contributed by atoms with Crippen LogP contribution in [-0.2, 0) is 17.6 Å². The predicted molar refractivity (Wildman–Crippen MR) is 101 cm³/mol. The highest BCUT2D eigenvalue weighted by molar-refractivity contribution is 9.10. The van der Waals surface area contributed by atoms with E-state index in [4.69, 9.17) is 5.73 Å². The first-order chi connectivity index (χ1) is 10.6. The zero-order chi connectivity index (χ0) is 15.5. The summed E-state index contributed by atoms with van der Waals surface area (Å²) in [7, 11) is 0. The van der Waals surface area contributed by atoms with Gasteiger partial charge in [-0.3, -0.25) is 4.79 Å². The number of amides is 1. The molecule has 3 rings (SSSR count). The highest BCUT2D eigenvalue weighted by Gasteiger charge is 2.23. The van der Waals surface area contributed by atoms with Crippen molar-refractivity contribution in [3.63, 3.8) is 0 Å². The molecule has 0 fully saturated rings.